The number of nitrogens with zero attached hydrogens (tertiary/aromatic N) is 2. The van der Waals surface area contributed by atoms with E-state index in [9.17, 15) is 10.1 Å². The van der Waals surface area contributed by atoms with Gasteiger partial charge in [0.15, 0.2) is 0 Å². The van der Waals surface area contributed by atoms with Crippen LogP contribution in [0.3, 0.4) is 0 Å². The highest BCUT2D eigenvalue weighted by Crippen LogP contribution is 2.34. The number of aromatic nitrogens is 2. The van der Waals surface area contributed by atoms with Crippen LogP contribution in [-0.2, 0) is 9.47 Å². The third-order valence-electron chi connectivity index (χ3n) is 2.76. The molecule has 0 saturated heterocycles. The summed E-state index contributed by atoms with van der Waals surface area (Å²) in [6.45, 7) is 0. The van der Waals surface area contributed by atoms with E-state index in [2.05, 4.69) is 10.2 Å². The zero-order valence-corrected chi connectivity index (χ0v) is 9.65. The molecule has 0 spiro atoms. The number of benzene rings is 1. The number of hydrogen-bond donors (Lipinski definition) is 1. The van der Waals surface area contributed by atoms with Gasteiger partial charge in [0.25, 0.3) is 12.0 Å². The number of hydrogen-bond acceptors (Lipinski definition) is 5. The minimum absolute atomic E-state index is 0.0157. The van der Waals surface area contributed by atoms with E-state index in [1.54, 1.807) is 18.3 Å². The number of nitro groups is 1. The second-order valence-corrected chi connectivity index (χ2v) is 3.90. The molecule has 3 rings (SSSR count). The van der Waals surface area contributed by atoms with Gasteiger partial charge in [0.2, 0.25) is 0 Å². The van der Waals surface area contributed by atoms with E-state index >= 15 is 0 Å². The molecule has 0 atom stereocenters. The molecular formula is C12H9N3O4. The smallest absolute Gasteiger partial charge is 0.277 e. The molecule has 0 aliphatic carbocycles. The lowest BCUT2D eigenvalue weighted by atomic mass is 10.0. The molecule has 0 radical (unpaired) electrons. The Morgan fingerprint density at radius 3 is 2.74 bits per heavy atom. The Kier molecular flexibility index (Phi) is 2.64. The molecule has 7 nitrogen and oxygen atoms in total. The van der Waals surface area contributed by atoms with Gasteiger partial charge in [-0.05, 0) is 6.07 Å². The van der Waals surface area contributed by atoms with Gasteiger partial charge < -0.3 is 9.47 Å². The van der Waals surface area contributed by atoms with E-state index in [1.165, 1.54) is 24.8 Å². The van der Waals surface area contributed by atoms with E-state index in [-0.39, 0.29) is 5.69 Å². The SMILES string of the molecule is O=[N+]([O-])c1cc(C2OC=CO2)ccc1-c1cn[nH]c1. The van der Waals surface area contributed by atoms with Crippen molar-refractivity contribution in [2.24, 2.45) is 0 Å². The molecule has 2 heterocycles. The maximum Gasteiger partial charge on any atom is 0.277 e. The molecule has 1 aromatic heterocycles. The Morgan fingerprint density at radius 1 is 1.32 bits per heavy atom. The predicted octanol–water partition coefficient (Wildman–Crippen LogP) is 2.50. The van der Waals surface area contributed by atoms with Gasteiger partial charge in [0, 0.05) is 23.4 Å². The third-order valence-corrected chi connectivity index (χ3v) is 2.76. The Morgan fingerprint density at radius 2 is 2.11 bits per heavy atom. The van der Waals surface area contributed by atoms with E-state index in [0.29, 0.717) is 16.7 Å². The van der Waals surface area contributed by atoms with Crippen molar-refractivity contribution in [2.75, 3.05) is 0 Å². The summed E-state index contributed by atoms with van der Waals surface area (Å²) in [6, 6.07) is 4.83. The van der Waals surface area contributed by atoms with E-state index < -0.39 is 11.2 Å². The molecular weight excluding hydrogens is 250 g/mol. The van der Waals surface area contributed by atoms with Crippen molar-refractivity contribution in [3.63, 3.8) is 0 Å². The number of nitrogens with one attached hydrogen (secondary N) is 1. The molecule has 96 valence electrons. The maximum atomic E-state index is 11.2. The van der Waals surface area contributed by atoms with E-state index in [1.807, 2.05) is 0 Å². The van der Waals surface area contributed by atoms with Crippen molar-refractivity contribution in [2.45, 2.75) is 6.29 Å². The second-order valence-electron chi connectivity index (χ2n) is 3.90. The van der Waals surface area contributed by atoms with Crippen molar-refractivity contribution in [1.82, 2.24) is 10.2 Å². The Bertz CT molecular complexity index is 628. The molecule has 1 aliphatic rings. The first-order chi connectivity index (χ1) is 9.25. The normalized spacial score (nSPS) is 14.1. The van der Waals surface area contributed by atoms with Crippen LogP contribution in [0, 0.1) is 10.1 Å². The monoisotopic (exact) mass is 259 g/mol. The minimum atomic E-state index is -0.628. The number of ether oxygens (including phenoxy) is 2. The van der Waals surface area contributed by atoms with Crippen LogP contribution in [0.4, 0.5) is 5.69 Å². The van der Waals surface area contributed by atoms with E-state index in [4.69, 9.17) is 9.47 Å². The van der Waals surface area contributed by atoms with Crippen LogP contribution in [-0.4, -0.2) is 15.1 Å². The zero-order chi connectivity index (χ0) is 13.2. The number of aromatic amines is 1. The highest BCUT2D eigenvalue weighted by molar-refractivity contribution is 5.73. The van der Waals surface area contributed by atoms with Gasteiger partial charge in [-0.3, -0.25) is 15.2 Å². The fraction of sp³-hybridized carbons (Fsp3) is 0.0833. The van der Waals surface area contributed by atoms with Crippen molar-refractivity contribution >= 4 is 5.69 Å². The average Bonchev–Trinajstić information content (AvgIpc) is 3.11. The van der Waals surface area contributed by atoms with E-state index in [0.717, 1.165) is 0 Å². The largest absolute Gasteiger partial charge is 0.455 e. The summed E-state index contributed by atoms with van der Waals surface area (Å²) >= 11 is 0. The molecule has 0 fully saturated rings. The minimum Gasteiger partial charge on any atom is -0.455 e. The van der Waals surface area contributed by atoms with Gasteiger partial charge in [-0.25, -0.2) is 0 Å². The van der Waals surface area contributed by atoms with Crippen LogP contribution >= 0.6 is 0 Å². The summed E-state index contributed by atoms with van der Waals surface area (Å²) in [5, 5.41) is 17.6. The molecule has 1 aromatic carbocycles. The highest BCUT2D eigenvalue weighted by Gasteiger charge is 2.22. The number of rotatable bonds is 3. The molecule has 2 aromatic rings. The maximum absolute atomic E-state index is 11.2. The predicted molar refractivity (Wildman–Crippen MR) is 64.7 cm³/mol. The van der Waals surface area contributed by atoms with Crippen molar-refractivity contribution in [3.05, 3.63) is 58.8 Å². The second kappa shape index (κ2) is 4.45. The van der Waals surface area contributed by atoms with Crippen LogP contribution in [0.5, 0.6) is 0 Å². The van der Waals surface area contributed by atoms with Crippen molar-refractivity contribution < 1.29 is 14.4 Å². The summed E-state index contributed by atoms with van der Waals surface area (Å²) < 4.78 is 10.3. The highest BCUT2D eigenvalue weighted by atomic mass is 16.7. The molecule has 0 unspecified atom stereocenters. The van der Waals surface area contributed by atoms with Crippen LogP contribution < -0.4 is 0 Å². The first-order valence-electron chi connectivity index (χ1n) is 5.49. The van der Waals surface area contributed by atoms with Crippen molar-refractivity contribution in [1.29, 1.82) is 0 Å². The van der Waals surface area contributed by atoms with Gasteiger partial charge >= 0.3 is 0 Å². The van der Waals surface area contributed by atoms with Crippen molar-refractivity contribution in [3.8, 4) is 11.1 Å². The molecule has 0 saturated carbocycles. The molecule has 0 bridgehead atoms. The molecule has 7 heteroatoms. The molecule has 1 N–H and O–H groups in total. The summed E-state index contributed by atoms with van der Waals surface area (Å²) in [7, 11) is 0. The Labute approximate surface area is 107 Å². The average molecular weight is 259 g/mol. The zero-order valence-electron chi connectivity index (χ0n) is 9.65. The first kappa shape index (κ1) is 11.3. The lowest BCUT2D eigenvalue weighted by molar-refractivity contribution is -0.384. The van der Waals surface area contributed by atoms with Crippen LogP contribution in [0.15, 0.2) is 43.1 Å². The standard InChI is InChI=1S/C12H9N3O4/c16-15(17)11-5-8(12-18-3-4-19-12)1-2-10(11)9-6-13-14-7-9/h1-7,12H,(H,13,14). The van der Waals surface area contributed by atoms with Crippen LogP contribution in [0.1, 0.15) is 11.9 Å². The van der Waals surface area contributed by atoms with Crippen LogP contribution in [0.25, 0.3) is 11.1 Å². The Balaban J connectivity index is 2.04. The summed E-state index contributed by atoms with van der Waals surface area (Å²) in [6.07, 6.45) is 5.32. The Hall–Kier alpha value is -2.83. The third kappa shape index (κ3) is 2.01. The summed E-state index contributed by atoms with van der Waals surface area (Å²) in [5.74, 6) is 0. The number of nitro benzene ring substituents is 1. The van der Waals surface area contributed by atoms with Gasteiger partial charge in [0.1, 0.15) is 12.5 Å². The fourth-order valence-corrected chi connectivity index (χ4v) is 1.88. The molecule has 19 heavy (non-hydrogen) atoms. The van der Waals surface area contributed by atoms with Crippen LogP contribution in [0.2, 0.25) is 0 Å². The topological polar surface area (TPSA) is 90.3 Å². The summed E-state index contributed by atoms with van der Waals surface area (Å²) in [4.78, 5) is 10.7. The molecule has 1 aliphatic heterocycles. The van der Waals surface area contributed by atoms with Gasteiger partial charge in [-0.2, -0.15) is 5.10 Å². The lowest BCUT2D eigenvalue weighted by Crippen LogP contribution is -2.00. The molecule has 0 amide bonds. The van der Waals surface area contributed by atoms with Gasteiger partial charge in [0.05, 0.1) is 16.7 Å². The number of H-pyrrole nitrogens is 1. The summed E-state index contributed by atoms with van der Waals surface area (Å²) in [5.41, 5.74) is 1.72. The lowest BCUT2D eigenvalue weighted by Gasteiger charge is -2.11. The quantitative estimate of drug-likeness (QED) is 0.675. The first-order valence-corrected chi connectivity index (χ1v) is 5.49. The van der Waals surface area contributed by atoms with Gasteiger partial charge in [-0.15, -0.1) is 0 Å². The fourth-order valence-electron chi connectivity index (χ4n) is 1.88. The van der Waals surface area contributed by atoms with Gasteiger partial charge in [-0.1, -0.05) is 6.07 Å².